The molecular weight excluding hydrogens is 438 g/mol. The summed E-state index contributed by atoms with van der Waals surface area (Å²) in [5.41, 5.74) is 0.763. The Bertz CT molecular complexity index is 855. The van der Waals surface area contributed by atoms with Gasteiger partial charge in [0.1, 0.15) is 24.7 Å². The fourth-order valence-corrected chi connectivity index (χ4v) is 4.69. The lowest BCUT2D eigenvalue weighted by molar-refractivity contribution is -0.127. The number of alkyl carbamates (subject to hydrolysis) is 1. The number of ether oxygens (including phenoxy) is 2. The van der Waals surface area contributed by atoms with Crippen LogP contribution in [0.25, 0.3) is 0 Å². The van der Waals surface area contributed by atoms with Crippen LogP contribution in [0.1, 0.15) is 56.9 Å². The molecule has 9 nitrogen and oxygen atoms in total. The Morgan fingerprint density at radius 2 is 1.94 bits per heavy atom. The second kappa shape index (κ2) is 13.0. The molecule has 3 amide bonds. The van der Waals surface area contributed by atoms with E-state index in [1.165, 1.54) is 6.42 Å². The Labute approximate surface area is 200 Å². The van der Waals surface area contributed by atoms with Crippen LogP contribution in [-0.4, -0.2) is 49.9 Å². The van der Waals surface area contributed by atoms with E-state index in [9.17, 15) is 19.2 Å². The maximum atomic E-state index is 13.1. The topological polar surface area (TPSA) is 123 Å². The first-order valence-electron chi connectivity index (χ1n) is 12.1. The molecule has 0 aromatic heterocycles. The molecule has 3 N–H and O–H groups in total. The minimum absolute atomic E-state index is 0.0363. The molecule has 0 spiro atoms. The number of aldehydes is 1. The molecule has 1 aromatic rings. The molecule has 1 aromatic carbocycles. The highest BCUT2D eigenvalue weighted by Crippen LogP contribution is 2.27. The summed E-state index contributed by atoms with van der Waals surface area (Å²) >= 11 is 0. The molecule has 186 valence electrons. The van der Waals surface area contributed by atoms with Crippen LogP contribution in [0.5, 0.6) is 5.75 Å². The number of amides is 3. The molecule has 2 fully saturated rings. The minimum atomic E-state index is -0.819. The summed E-state index contributed by atoms with van der Waals surface area (Å²) in [4.78, 5) is 49.1. The summed E-state index contributed by atoms with van der Waals surface area (Å²) in [6.45, 7) is 0.614. The van der Waals surface area contributed by atoms with Gasteiger partial charge in [-0.1, -0.05) is 44.2 Å². The summed E-state index contributed by atoms with van der Waals surface area (Å²) in [6, 6.07) is 5.58. The summed E-state index contributed by atoms with van der Waals surface area (Å²) < 4.78 is 10.5. The Balaban J connectivity index is 1.59. The maximum Gasteiger partial charge on any atom is 0.408 e. The molecule has 1 saturated heterocycles. The van der Waals surface area contributed by atoms with Crippen LogP contribution in [0.3, 0.4) is 0 Å². The van der Waals surface area contributed by atoms with E-state index in [1.54, 1.807) is 25.3 Å². The maximum absolute atomic E-state index is 13.1. The van der Waals surface area contributed by atoms with Gasteiger partial charge in [-0.3, -0.25) is 9.59 Å². The average molecular weight is 474 g/mol. The van der Waals surface area contributed by atoms with Gasteiger partial charge < -0.3 is 30.2 Å². The fourth-order valence-electron chi connectivity index (χ4n) is 4.69. The van der Waals surface area contributed by atoms with Crippen molar-refractivity contribution in [2.24, 2.45) is 11.8 Å². The smallest absolute Gasteiger partial charge is 0.408 e. The summed E-state index contributed by atoms with van der Waals surface area (Å²) in [5, 5.41) is 8.16. The molecule has 1 saturated carbocycles. The number of methoxy groups -OCH3 is 1. The fraction of sp³-hybridized carbons (Fsp3) is 0.600. The van der Waals surface area contributed by atoms with Crippen molar-refractivity contribution in [2.45, 2.75) is 70.1 Å². The highest BCUT2D eigenvalue weighted by atomic mass is 16.5. The molecule has 34 heavy (non-hydrogen) atoms. The van der Waals surface area contributed by atoms with Crippen molar-refractivity contribution in [1.82, 2.24) is 16.0 Å². The van der Waals surface area contributed by atoms with E-state index < -0.39 is 24.1 Å². The van der Waals surface area contributed by atoms with Crippen molar-refractivity contribution in [2.75, 3.05) is 13.7 Å². The van der Waals surface area contributed by atoms with Gasteiger partial charge in [0, 0.05) is 12.5 Å². The van der Waals surface area contributed by atoms with E-state index in [0.717, 1.165) is 31.2 Å². The van der Waals surface area contributed by atoms with Gasteiger partial charge >= 0.3 is 6.09 Å². The normalized spacial score (nSPS) is 20.0. The number of benzene rings is 1. The largest absolute Gasteiger partial charge is 0.497 e. The molecule has 0 radical (unpaired) electrons. The highest BCUT2D eigenvalue weighted by molar-refractivity contribution is 5.88. The number of carbonyl (C=O) groups excluding carboxylic acids is 4. The first-order valence-corrected chi connectivity index (χ1v) is 12.1. The van der Waals surface area contributed by atoms with Crippen LogP contribution in [0, 0.1) is 11.8 Å². The van der Waals surface area contributed by atoms with Crippen LogP contribution in [0.2, 0.25) is 0 Å². The van der Waals surface area contributed by atoms with Crippen molar-refractivity contribution < 1.29 is 28.7 Å². The zero-order valence-electron chi connectivity index (χ0n) is 19.7. The zero-order valence-corrected chi connectivity index (χ0v) is 19.7. The molecule has 0 unspecified atom stereocenters. The quantitative estimate of drug-likeness (QED) is 0.424. The number of hydrogen-bond donors (Lipinski definition) is 3. The van der Waals surface area contributed by atoms with E-state index >= 15 is 0 Å². The van der Waals surface area contributed by atoms with Gasteiger partial charge in [-0.2, -0.15) is 0 Å². The molecule has 1 aliphatic carbocycles. The Morgan fingerprint density at radius 3 is 2.62 bits per heavy atom. The highest BCUT2D eigenvalue weighted by Gasteiger charge is 2.31. The van der Waals surface area contributed by atoms with Gasteiger partial charge in [-0.25, -0.2) is 4.79 Å². The zero-order chi connectivity index (χ0) is 24.3. The molecule has 1 heterocycles. The molecule has 3 atom stereocenters. The molecule has 2 aliphatic rings. The monoisotopic (exact) mass is 473 g/mol. The summed E-state index contributed by atoms with van der Waals surface area (Å²) in [7, 11) is 1.56. The molecule has 1 aliphatic heterocycles. The molecule has 0 bridgehead atoms. The molecule has 9 heteroatoms. The third-order valence-corrected chi connectivity index (χ3v) is 6.60. The third-order valence-electron chi connectivity index (χ3n) is 6.60. The SMILES string of the molecule is COc1cccc(COC(=O)N[C@@H](CC2CCCCC2)C(=O)N[C@H](C=O)C[C@@H]2CCNC2=O)c1. The lowest BCUT2D eigenvalue weighted by Crippen LogP contribution is -2.51. The van der Waals surface area contributed by atoms with E-state index in [4.69, 9.17) is 9.47 Å². The molecule has 3 rings (SSSR count). The van der Waals surface area contributed by atoms with E-state index in [0.29, 0.717) is 37.3 Å². The van der Waals surface area contributed by atoms with Gasteiger partial charge in [0.15, 0.2) is 0 Å². The predicted molar refractivity (Wildman–Crippen MR) is 125 cm³/mol. The van der Waals surface area contributed by atoms with E-state index in [-0.39, 0.29) is 24.9 Å². The standard InChI is InChI=1S/C25H35N3O6/c1-33-21-9-5-8-18(12-21)16-34-25(32)28-22(13-17-6-3-2-4-7-17)24(31)27-20(15-29)14-19-10-11-26-23(19)30/h5,8-9,12,15,17,19-20,22H,2-4,6-7,10-11,13-14,16H2,1H3,(H,26,30)(H,27,31)(H,28,32)/t19-,20-,22-/m0/s1. The van der Waals surface area contributed by atoms with Crippen LogP contribution in [-0.2, 0) is 25.7 Å². The number of hydrogen-bond acceptors (Lipinski definition) is 6. The van der Waals surface area contributed by atoms with Crippen LogP contribution in [0.4, 0.5) is 4.79 Å². The van der Waals surface area contributed by atoms with E-state index in [2.05, 4.69) is 16.0 Å². The van der Waals surface area contributed by atoms with Gasteiger partial charge in [-0.15, -0.1) is 0 Å². The van der Waals surface area contributed by atoms with Crippen LogP contribution in [0.15, 0.2) is 24.3 Å². The second-order valence-electron chi connectivity index (χ2n) is 9.13. The molecular formula is C25H35N3O6. The number of carbonyl (C=O) groups is 4. The van der Waals surface area contributed by atoms with Gasteiger partial charge in [0.2, 0.25) is 11.8 Å². The van der Waals surface area contributed by atoms with Crippen molar-refractivity contribution in [1.29, 1.82) is 0 Å². The van der Waals surface area contributed by atoms with Gasteiger partial charge in [0.25, 0.3) is 0 Å². The summed E-state index contributed by atoms with van der Waals surface area (Å²) in [6.07, 6.45) is 6.72. The van der Waals surface area contributed by atoms with Crippen molar-refractivity contribution in [3.63, 3.8) is 0 Å². The lowest BCUT2D eigenvalue weighted by atomic mass is 9.84. The Kier molecular flexibility index (Phi) is 9.73. The predicted octanol–water partition coefficient (Wildman–Crippen LogP) is 2.47. The van der Waals surface area contributed by atoms with Crippen LogP contribution >= 0.6 is 0 Å². The van der Waals surface area contributed by atoms with Gasteiger partial charge in [-0.05, 0) is 42.9 Å². The van der Waals surface area contributed by atoms with Crippen molar-refractivity contribution in [3.05, 3.63) is 29.8 Å². The van der Waals surface area contributed by atoms with Crippen LogP contribution < -0.4 is 20.7 Å². The minimum Gasteiger partial charge on any atom is -0.497 e. The summed E-state index contributed by atoms with van der Waals surface area (Å²) in [5.74, 6) is 0.150. The van der Waals surface area contributed by atoms with Crippen molar-refractivity contribution >= 4 is 24.2 Å². The third kappa shape index (κ3) is 7.74. The first-order chi connectivity index (χ1) is 16.5. The lowest BCUT2D eigenvalue weighted by Gasteiger charge is -2.27. The van der Waals surface area contributed by atoms with E-state index in [1.807, 2.05) is 6.07 Å². The van der Waals surface area contributed by atoms with Crippen molar-refractivity contribution in [3.8, 4) is 5.75 Å². The van der Waals surface area contributed by atoms with Gasteiger partial charge in [0.05, 0.1) is 13.2 Å². The second-order valence-corrected chi connectivity index (χ2v) is 9.13. The number of nitrogens with one attached hydrogen (secondary N) is 3. The Hall–Kier alpha value is -3.10. The first kappa shape index (κ1) is 25.5. The Morgan fingerprint density at radius 1 is 1.15 bits per heavy atom. The number of rotatable bonds is 11. The average Bonchev–Trinajstić information content (AvgIpc) is 3.26.